The largest absolute Gasteiger partial charge is 0.399 e. The van der Waals surface area contributed by atoms with Gasteiger partial charge in [-0.25, -0.2) is 4.89 Å². The second-order valence-electron chi connectivity index (χ2n) is 14.7. The molecule has 5 rings (SSSR count). The average molecular weight is 523 g/mol. The maximum Gasteiger partial charge on any atom is 0.123 e. The van der Waals surface area contributed by atoms with Gasteiger partial charge in [0.25, 0.3) is 0 Å². The second-order valence-corrected chi connectivity index (χ2v) is 14.7. The van der Waals surface area contributed by atoms with Gasteiger partial charge in [0, 0.05) is 16.9 Å². The molecule has 4 nitrogen and oxygen atoms in total. The van der Waals surface area contributed by atoms with Crippen LogP contribution in [0.5, 0.6) is 0 Å². The molecule has 0 bridgehead atoms. The first-order valence-corrected chi connectivity index (χ1v) is 15.7. The van der Waals surface area contributed by atoms with E-state index in [2.05, 4.69) is 40.7 Å². The van der Waals surface area contributed by atoms with Crippen LogP contribution in [0.3, 0.4) is 0 Å². The van der Waals surface area contributed by atoms with Crippen LogP contribution in [0.4, 0.5) is 11.4 Å². The Morgan fingerprint density at radius 2 is 1.79 bits per heavy atom. The topological polar surface area (TPSA) is 81.5 Å². The van der Waals surface area contributed by atoms with Gasteiger partial charge in [-0.05, 0) is 122 Å². The van der Waals surface area contributed by atoms with Crippen LogP contribution in [0, 0.1) is 52.3 Å². The molecule has 0 heterocycles. The number of benzene rings is 1. The summed E-state index contributed by atoms with van der Waals surface area (Å²) in [4.78, 5) is 5.11. The first-order chi connectivity index (χ1) is 18.1. The number of anilines is 2. The van der Waals surface area contributed by atoms with Crippen LogP contribution in [0.2, 0.25) is 0 Å². The van der Waals surface area contributed by atoms with E-state index in [-0.39, 0.29) is 11.3 Å². The van der Waals surface area contributed by atoms with Crippen LogP contribution in [-0.2, 0) is 4.89 Å². The number of rotatable bonds is 8. The van der Waals surface area contributed by atoms with Crippen LogP contribution in [0.1, 0.15) is 117 Å². The Balaban J connectivity index is 1.31. The van der Waals surface area contributed by atoms with E-state index >= 15 is 0 Å². The first kappa shape index (κ1) is 28.0. The molecule has 5 N–H and O–H groups in total. The third-order valence-corrected chi connectivity index (χ3v) is 12.3. The SMILES string of the molecule is CC(C)CCCC(C)C1CCC2C3CC=C4CC(C(OO)c5cc(N)ccc5N)CCC4(C)C3CCC12C. The number of nitrogens with two attached hydrogens (primary N) is 2. The normalized spacial score (nSPS) is 38.2. The molecule has 4 heteroatoms. The molecule has 4 aliphatic carbocycles. The predicted molar refractivity (Wildman–Crippen MR) is 158 cm³/mol. The van der Waals surface area contributed by atoms with Crippen molar-refractivity contribution >= 4 is 11.4 Å². The maximum atomic E-state index is 9.96. The van der Waals surface area contributed by atoms with Gasteiger partial charge in [0.1, 0.15) is 6.10 Å². The van der Waals surface area contributed by atoms with Crippen molar-refractivity contribution in [3.8, 4) is 0 Å². The summed E-state index contributed by atoms with van der Waals surface area (Å²) >= 11 is 0. The number of hydrogen-bond acceptors (Lipinski definition) is 4. The lowest BCUT2D eigenvalue weighted by atomic mass is 9.46. The van der Waals surface area contributed by atoms with Gasteiger partial charge in [-0.2, -0.15) is 0 Å². The third kappa shape index (κ3) is 4.83. The van der Waals surface area contributed by atoms with Gasteiger partial charge in [0.05, 0.1) is 0 Å². The summed E-state index contributed by atoms with van der Waals surface area (Å²) in [5, 5.41) is 9.96. The van der Waals surface area contributed by atoms with Crippen LogP contribution >= 0.6 is 0 Å². The highest BCUT2D eigenvalue weighted by atomic mass is 17.1. The highest BCUT2D eigenvalue weighted by Gasteiger charge is 2.59. The van der Waals surface area contributed by atoms with E-state index in [1.165, 1.54) is 57.8 Å². The number of fused-ring (bicyclic) bond motifs is 5. The van der Waals surface area contributed by atoms with E-state index in [0.717, 1.165) is 53.9 Å². The van der Waals surface area contributed by atoms with Crippen molar-refractivity contribution in [2.45, 2.75) is 111 Å². The molecule has 212 valence electrons. The van der Waals surface area contributed by atoms with Crippen LogP contribution in [0.25, 0.3) is 0 Å². The second kappa shape index (κ2) is 10.8. The molecule has 0 amide bonds. The van der Waals surface area contributed by atoms with Crippen molar-refractivity contribution in [3.05, 3.63) is 35.4 Å². The lowest BCUT2D eigenvalue weighted by Crippen LogP contribution is -2.50. The lowest BCUT2D eigenvalue weighted by Gasteiger charge is -2.59. The summed E-state index contributed by atoms with van der Waals surface area (Å²) < 4.78 is 0. The molecule has 0 aliphatic heterocycles. The standard InChI is InChI=1S/C34H54N2O2/c1-21(2)7-6-8-22(3)28-12-13-29-26-11-9-24-19-23(32(38-37)27-20-25(35)10-14-31(27)36)15-17-33(24,4)30(26)16-18-34(28,29)5/h9-10,14,20-23,26,28-30,32,37H,6-8,11-13,15-19,35-36H2,1-5H3. The van der Waals surface area contributed by atoms with Gasteiger partial charge in [0.15, 0.2) is 0 Å². The molecule has 38 heavy (non-hydrogen) atoms. The summed E-state index contributed by atoms with van der Waals surface area (Å²) in [7, 11) is 0. The van der Waals surface area contributed by atoms with Crippen molar-refractivity contribution < 1.29 is 10.1 Å². The maximum absolute atomic E-state index is 9.96. The molecule has 1 aromatic carbocycles. The van der Waals surface area contributed by atoms with Crippen molar-refractivity contribution in [2.75, 3.05) is 11.5 Å². The smallest absolute Gasteiger partial charge is 0.123 e. The minimum absolute atomic E-state index is 0.219. The Morgan fingerprint density at radius 3 is 2.53 bits per heavy atom. The van der Waals surface area contributed by atoms with E-state index in [0.29, 0.717) is 16.8 Å². The van der Waals surface area contributed by atoms with Gasteiger partial charge in [0.2, 0.25) is 0 Å². The Kier molecular flexibility index (Phi) is 7.97. The zero-order valence-electron chi connectivity index (χ0n) is 24.7. The Bertz CT molecular complexity index is 1020. The van der Waals surface area contributed by atoms with Crippen LogP contribution < -0.4 is 11.5 Å². The number of nitrogen functional groups attached to an aromatic ring is 2. The van der Waals surface area contributed by atoms with Gasteiger partial charge in [-0.1, -0.05) is 65.5 Å². The zero-order chi connectivity index (χ0) is 27.2. The van der Waals surface area contributed by atoms with E-state index in [9.17, 15) is 5.26 Å². The molecule has 3 saturated carbocycles. The van der Waals surface area contributed by atoms with Crippen molar-refractivity contribution in [2.24, 2.45) is 52.3 Å². The molecule has 1 aromatic rings. The highest BCUT2D eigenvalue weighted by molar-refractivity contribution is 5.56. The van der Waals surface area contributed by atoms with Crippen molar-refractivity contribution in [3.63, 3.8) is 0 Å². The minimum atomic E-state index is -0.427. The molecular formula is C34H54N2O2. The fraction of sp³-hybridized carbons (Fsp3) is 0.765. The number of allylic oxidation sites excluding steroid dienone is 2. The number of hydrogen-bond donors (Lipinski definition) is 3. The Morgan fingerprint density at radius 1 is 1.00 bits per heavy atom. The molecule has 0 spiro atoms. The summed E-state index contributed by atoms with van der Waals surface area (Å²) in [5.74, 6) is 5.31. The van der Waals surface area contributed by atoms with Crippen LogP contribution in [0.15, 0.2) is 29.8 Å². The highest BCUT2D eigenvalue weighted by Crippen LogP contribution is 2.68. The molecule has 0 aromatic heterocycles. The molecular weight excluding hydrogens is 468 g/mol. The summed E-state index contributed by atoms with van der Waals surface area (Å²) in [6.45, 7) is 12.5. The van der Waals surface area contributed by atoms with Crippen LogP contribution in [-0.4, -0.2) is 5.26 Å². The van der Waals surface area contributed by atoms with Gasteiger partial charge >= 0.3 is 0 Å². The molecule has 3 fully saturated rings. The molecule has 0 radical (unpaired) electrons. The summed E-state index contributed by atoms with van der Waals surface area (Å²) in [6.07, 6.45) is 16.5. The monoisotopic (exact) mass is 522 g/mol. The zero-order valence-corrected chi connectivity index (χ0v) is 24.7. The van der Waals surface area contributed by atoms with Crippen molar-refractivity contribution in [1.82, 2.24) is 0 Å². The summed E-state index contributed by atoms with van der Waals surface area (Å²) in [6, 6.07) is 5.51. The molecule has 0 saturated heterocycles. The van der Waals surface area contributed by atoms with E-state index in [4.69, 9.17) is 16.4 Å². The molecule has 9 atom stereocenters. The first-order valence-electron chi connectivity index (χ1n) is 15.7. The Hall–Kier alpha value is -1.52. The van der Waals surface area contributed by atoms with E-state index in [1.54, 1.807) is 5.57 Å². The minimum Gasteiger partial charge on any atom is -0.399 e. The average Bonchev–Trinajstić information content (AvgIpc) is 3.23. The third-order valence-electron chi connectivity index (χ3n) is 12.3. The van der Waals surface area contributed by atoms with E-state index < -0.39 is 6.10 Å². The predicted octanol–water partition coefficient (Wildman–Crippen LogP) is 9.04. The molecule has 4 aliphatic rings. The quantitative estimate of drug-likeness (QED) is 0.138. The summed E-state index contributed by atoms with van der Waals surface area (Å²) in [5.41, 5.74) is 16.9. The van der Waals surface area contributed by atoms with E-state index in [1.807, 2.05) is 18.2 Å². The fourth-order valence-electron chi connectivity index (χ4n) is 10.2. The Labute approximate surface area is 231 Å². The molecule has 9 unspecified atom stereocenters. The van der Waals surface area contributed by atoms with Gasteiger partial charge in [-0.15, -0.1) is 0 Å². The van der Waals surface area contributed by atoms with Gasteiger partial charge in [-0.3, -0.25) is 5.26 Å². The van der Waals surface area contributed by atoms with Crippen molar-refractivity contribution in [1.29, 1.82) is 0 Å². The fourth-order valence-corrected chi connectivity index (χ4v) is 10.2. The lowest BCUT2D eigenvalue weighted by molar-refractivity contribution is -0.295. The van der Waals surface area contributed by atoms with Gasteiger partial charge < -0.3 is 11.5 Å².